The number of hydrogen-bond donors (Lipinski definition) is 1. The molecule has 20 heavy (non-hydrogen) atoms. The predicted molar refractivity (Wildman–Crippen MR) is 76.1 cm³/mol. The molecule has 0 aromatic carbocycles. The van der Waals surface area contributed by atoms with Crippen molar-refractivity contribution in [2.75, 3.05) is 25.4 Å². The molecule has 8 heteroatoms. The molecule has 1 saturated heterocycles. The third-order valence-corrected chi connectivity index (χ3v) is 4.32. The topological polar surface area (TPSA) is 32.3 Å². The summed E-state index contributed by atoms with van der Waals surface area (Å²) in [6, 6.07) is 0.417. The summed E-state index contributed by atoms with van der Waals surface area (Å²) in [4.78, 5) is 13.2. The van der Waals surface area contributed by atoms with Crippen molar-refractivity contribution in [3.8, 4) is 0 Å². The van der Waals surface area contributed by atoms with Gasteiger partial charge in [0.05, 0.1) is 5.75 Å². The Kier molecular flexibility index (Phi) is 6.94. The summed E-state index contributed by atoms with van der Waals surface area (Å²) in [5.74, 6) is -0.0743. The number of alkyl halides is 3. The Bertz CT molecular complexity index is 318. The van der Waals surface area contributed by atoms with Crippen molar-refractivity contribution >= 4 is 30.1 Å². The lowest BCUT2D eigenvalue weighted by atomic mass is 10.0. The van der Waals surface area contributed by atoms with Gasteiger partial charge in [0.2, 0.25) is 5.91 Å². The number of thioether (sulfide) groups is 1. The molecule has 2 fully saturated rings. The zero-order valence-corrected chi connectivity index (χ0v) is 12.8. The van der Waals surface area contributed by atoms with Crippen LogP contribution in [0.4, 0.5) is 13.2 Å². The van der Waals surface area contributed by atoms with Crippen molar-refractivity contribution in [1.29, 1.82) is 0 Å². The minimum Gasteiger partial charge on any atom is -0.342 e. The fourth-order valence-electron chi connectivity index (χ4n) is 2.22. The summed E-state index contributed by atoms with van der Waals surface area (Å²) in [6.45, 7) is 2.18. The zero-order chi connectivity index (χ0) is 13.9. The molecule has 1 saturated carbocycles. The first kappa shape index (κ1) is 17.9. The van der Waals surface area contributed by atoms with Gasteiger partial charge < -0.3 is 10.2 Å². The van der Waals surface area contributed by atoms with E-state index in [-0.39, 0.29) is 24.2 Å². The molecule has 1 amide bonds. The first-order valence-corrected chi connectivity index (χ1v) is 7.64. The number of carbonyl (C=O) groups is 1. The van der Waals surface area contributed by atoms with Gasteiger partial charge >= 0.3 is 5.51 Å². The average Bonchev–Trinajstić information content (AvgIpc) is 3.17. The van der Waals surface area contributed by atoms with E-state index in [1.165, 1.54) is 12.8 Å². The van der Waals surface area contributed by atoms with Crippen LogP contribution in [-0.4, -0.2) is 47.7 Å². The molecule has 0 aromatic rings. The van der Waals surface area contributed by atoms with Crippen LogP contribution < -0.4 is 5.32 Å². The minimum absolute atomic E-state index is 0. The lowest BCUT2D eigenvalue weighted by molar-refractivity contribution is -0.129. The minimum atomic E-state index is -4.32. The predicted octanol–water partition coefficient (Wildman–Crippen LogP) is 2.65. The smallest absolute Gasteiger partial charge is 0.342 e. The zero-order valence-electron chi connectivity index (χ0n) is 11.1. The van der Waals surface area contributed by atoms with Gasteiger partial charge in [-0.2, -0.15) is 13.2 Å². The van der Waals surface area contributed by atoms with Gasteiger partial charge in [-0.05, 0) is 49.9 Å². The SMILES string of the molecule is Cl.O=C(CSC(F)(F)F)N1CCC(NCC2CC2)CC1. The van der Waals surface area contributed by atoms with Crippen molar-refractivity contribution in [3.63, 3.8) is 0 Å². The Morgan fingerprint density at radius 3 is 2.30 bits per heavy atom. The average molecular weight is 333 g/mol. The van der Waals surface area contributed by atoms with E-state index in [0.29, 0.717) is 19.1 Å². The number of halogens is 4. The van der Waals surface area contributed by atoms with Crippen molar-refractivity contribution in [2.45, 2.75) is 37.2 Å². The second-order valence-corrected chi connectivity index (χ2v) is 6.28. The third-order valence-electron chi connectivity index (χ3n) is 3.60. The van der Waals surface area contributed by atoms with Crippen LogP contribution in [0.5, 0.6) is 0 Å². The molecule has 118 valence electrons. The normalized spacial score (nSPS) is 20.6. The molecular formula is C12H20ClF3N2OS. The van der Waals surface area contributed by atoms with Crippen LogP contribution in [0.3, 0.4) is 0 Å². The summed E-state index contributed by atoms with van der Waals surface area (Å²) >= 11 is -0.248. The van der Waals surface area contributed by atoms with Crippen LogP contribution in [0.15, 0.2) is 0 Å². The summed E-state index contributed by atoms with van der Waals surface area (Å²) in [7, 11) is 0. The first-order chi connectivity index (χ1) is 8.94. The molecule has 0 radical (unpaired) electrons. The Morgan fingerprint density at radius 2 is 1.80 bits per heavy atom. The highest BCUT2D eigenvalue weighted by molar-refractivity contribution is 8.00. The van der Waals surface area contributed by atoms with E-state index in [0.717, 1.165) is 25.3 Å². The first-order valence-electron chi connectivity index (χ1n) is 6.66. The fraction of sp³-hybridized carbons (Fsp3) is 0.917. The van der Waals surface area contributed by atoms with Gasteiger partial charge in [-0.1, -0.05) is 0 Å². The maximum Gasteiger partial charge on any atom is 0.442 e. The highest BCUT2D eigenvalue weighted by atomic mass is 35.5. The van der Waals surface area contributed by atoms with Gasteiger partial charge in [0.25, 0.3) is 0 Å². The molecule has 0 bridgehead atoms. The number of hydrogen-bond acceptors (Lipinski definition) is 3. The van der Waals surface area contributed by atoms with Gasteiger partial charge in [0.15, 0.2) is 0 Å². The second-order valence-electron chi connectivity index (χ2n) is 5.24. The molecule has 3 nitrogen and oxygen atoms in total. The summed E-state index contributed by atoms with van der Waals surface area (Å²) in [6.07, 6.45) is 4.29. The van der Waals surface area contributed by atoms with Gasteiger partial charge in [-0.25, -0.2) is 0 Å². The molecule has 1 aliphatic carbocycles. The van der Waals surface area contributed by atoms with Crippen molar-refractivity contribution in [2.24, 2.45) is 5.92 Å². The Labute approximate surface area is 127 Å². The largest absolute Gasteiger partial charge is 0.442 e. The molecule has 0 atom stereocenters. The highest BCUT2D eigenvalue weighted by Crippen LogP contribution is 2.30. The molecule has 1 N–H and O–H groups in total. The van der Waals surface area contributed by atoms with Crippen LogP contribution in [0.25, 0.3) is 0 Å². The van der Waals surface area contributed by atoms with Crippen molar-refractivity contribution < 1.29 is 18.0 Å². The van der Waals surface area contributed by atoms with Crippen LogP contribution in [0.1, 0.15) is 25.7 Å². The van der Waals surface area contributed by atoms with E-state index >= 15 is 0 Å². The third kappa shape index (κ3) is 6.54. The van der Waals surface area contributed by atoms with Gasteiger partial charge in [0.1, 0.15) is 0 Å². The second kappa shape index (κ2) is 7.75. The summed E-state index contributed by atoms with van der Waals surface area (Å²) < 4.78 is 36.0. The number of likely N-dealkylation sites (tertiary alicyclic amines) is 1. The number of nitrogens with zero attached hydrogens (tertiary/aromatic N) is 1. The molecule has 1 aliphatic heterocycles. The van der Waals surface area contributed by atoms with Crippen LogP contribution in [-0.2, 0) is 4.79 Å². The number of rotatable bonds is 5. The van der Waals surface area contributed by atoms with Crippen molar-refractivity contribution in [3.05, 3.63) is 0 Å². The number of carbonyl (C=O) groups excluding carboxylic acids is 1. The van der Waals surface area contributed by atoms with E-state index in [4.69, 9.17) is 0 Å². The van der Waals surface area contributed by atoms with Gasteiger partial charge in [-0.3, -0.25) is 4.79 Å². The molecular weight excluding hydrogens is 313 g/mol. The van der Waals surface area contributed by atoms with E-state index in [1.54, 1.807) is 4.90 Å². The molecule has 1 heterocycles. The fourth-order valence-corrected chi connectivity index (χ4v) is 2.69. The lowest BCUT2D eigenvalue weighted by Gasteiger charge is -2.32. The number of piperidine rings is 1. The maximum atomic E-state index is 12.0. The van der Waals surface area contributed by atoms with E-state index in [1.807, 2.05) is 0 Å². The van der Waals surface area contributed by atoms with E-state index in [2.05, 4.69) is 5.32 Å². The number of nitrogens with one attached hydrogen (secondary N) is 1. The maximum absolute atomic E-state index is 12.0. The highest BCUT2D eigenvalue weighted by Gasteiger charge is 2.31. The lowest BCUT2D eigenvalue weighted by Crippen LogP contribution is -2.46. The Morgan fingerprint density at radius 1 is 1.20 bits per heavy atom. The summed E-state index contributed by atoms with van der Waals surface area (Å²) in [5.41, 5.74) is -4.32. The van der Waals surface area contributed by atoms with Gasteiger partial charge in [-0.15, -0.1) is 12.4 Å². The van der Waals surface area contributed by atoms with Crippen LogP contribution >= 0.6 is 24.2 Å². The van der Waals surface area contributed by atoms with E-state index in [9.17, 15) is 18.0 Å². The molecule has 2 rings (SSSR count). The Hall–Kier alpha value is -0.140. The van der Waals surface area contributed by atoms with Crippen LogP contribution in [0.2, 0.25) is 0 Å². The summed E-state index contributed by atoms with van der Waals surface area (Å²) in [5, 5.41) is 3.48. The quantitative estimate of drug-likeness (QED) is 0.840. The Balaban J connectivity index is 0.00000200. The number of amides is 1. The van der Waals surface area contributed by atoms with Crippen LogP contribution in [0, 0.1) is 5.92 Å². The molecule has 0 unspecified atom stereocenters. The standard InChI is InChI=1S/C12H19F3N2OS.ClH/c13-12(14,15)19-8-11(18)17-5-3-10(4-6-17)16-7-9-1-2-9;/h9-10,16H,1-8H2;1H. The molecule has 2 aliphatic rings. The van der Waals surface area contributed by atoms with Crippen molar-refractivity contribution in [1.82, 2.24) is 10.2 Å². The molecule has 0 aromatic heterocycles. The van der Waals surface area contributed by atoms with E-state index < -0.39 is 17.2 Å². The molecule has 0 spiro atoms. The monoisotopic (exact) mass is 332 g/mol. The van der Waals surface area contributed by atoms with Gasteiger partial charge in [0, 0.05) is 19.1 Å².